The molecule has 0 spiro atoms. The molecule has 2 amide bonds. The summed E-state index contributed by atoms with van der Waals surface area (Å²) in [6.45, 7) is 0. The van der Waals surface area contributed by atoms with Crippen LogP contribution in [0, 0.1) is 0 Å². The molecule has 6 heterocycles. The Labute approximate surface area is 398 Å². The third kappa shape index (κ3) is 11.1. The summed E-state index contributed by atoms with van der Waals surface area (Å²) in [5.41, 5.74) is 16.6. The Kier molecular flexibility index (Phi) is 14.5. The molecule has 323 valence electrons. The molecular weight excluding hydrogens is 876 g/mol. The molecule has 10 nitrogen and oxygen atoms in total. The zero-order valence-electron chi connectivity index (χ0n) is 35.8. The van der Waals surface area contributed by atoms with E-state index in [-0.39, 0.29) is 16.8 Å². The van der Waals surface area contributed by atoms with Gasteiger partial charge in [0.1, 0.15) is 0 Å². The quantitative estimate of drug-likeness (QED) is 0.116. The van der Waals surface area contributed by atoms with Gasteiger partial charge in [0.15, 0.2) is 0 Å². The molecule has 0 saturated carbocycles. The van der Waals surface area contributed by atoms with Crippen molar-refractivity contribution in [2.75, 3.05) is 10.6 Å². The topological polar surface area (TPSA) is 136 Å². The molecule has 1 radical (unpaired) electrons. The van der Waals surface area contributed by atoms with Crippen LogP contribution >= 0.6 is 0 Å². The van der Waals surface area contributed by atoms with Gasteiger partial charge in [0.2, 0.25) is 12.8 Å². The van der Waals surface area contributed by atoms with Crippen molar-refractivity contribution in [1.29, 1.82) is 0 Å². The van der Waals surface area contributed by atoms with E-state index in [0.29, 0.717) is 12.8 Å². The number of rotatable bonds is 12. The zero-order chi connectivity index (χ0) is 44.9. The van der Waals surface area contributed by atoms with Crippen molar-refractivity contribution in [1.82, 2.24) is 29.9 Å². The smallest absolute Gasteiger partial charge is 0.329 e. The molecular formula is C56H40CoN8O2+2. The molecule has 2 N–H and O–H groups in total. The third-order valence-electron chi connectivity index (χ3n) is 10.7. The summed E-state index contributed by atoms with van der Waals surface area (Å²) in [5, 5.41) is 5.32. The molecule has 0 unspecified atom stereocenters. The third-order valence-corrected chi connectivity index (χ3v) is 10.7. The molecule has 10 aromatic rings. The van der Waals surface area contributed by atoms with E-state index < -0.39 is 0 Å². The van der Waals surface area contributed by atoms with Crippen LogP contribution in [0.2, 0.25) is 0 Å². The van der Waals surface area contributed by atoms with Crippen molar-refractivity contribution < 1.29 is 26.4 Å². The molecule has 10 rings (SSSR count). The largest absolute Gasteiger partial charge is 2.00 e. The summed E-state index contributed by atoms with van der Waals surface area (Å²) in [6.07, 6.45) is 8.45. The summed E-state index contributed by atoms with van der Waals surface area (Å²) in [7, 11) is 0. The fraction of sp³-hybridized carbons (Fsp3) is 0. The molecule has 11 heteroatoms. The van der Waals surface area contributed by atoms with Gasteiger partial charge in [0.05, 0.1) is 45.6 Å². The van der Waals surface area contributed by atoms with Crippen molar-refractivity contribution in [3.05, 3.63) is 219 Å². The molecule has 4 aromatic carbocycles. The minimum absolute atomic E-state index is 0. The van der Waals surface area contributed by atoms with Crippen LogP contribution in [0.1, 0.15) is 0 Å². The maximum absolute atomic E-state index is 10.6. The van der Waals surface area contributed by atoms with E-state index in [2.05, 4.69) is 103 Å². The van der Waals surface area contributed by atoms with Crippen molar-refractivity contribution in [3.63, 3.8) is 0 Å². The number of carbonyl (C=O) groups is 2. The van der Waals surface area contributed by atoms with Gasteiger partial charge >= 0.3 is 16.8 Å². The molecule has 0 atom stereocenters. The number of hydrogen-bond acceptors (Lipinski definition) is 8. The van der Waals surface area contributed by atoms with Crippen LogP contribution in [0.4, 0.5) is 11.4 Å². The van der Waals surface area contributed by atoms with Gasteiger partial charge in [-0.3, -0.25) is 29.5 Å². The average molecular weight is 916 g/mol. The molecule has 0 aliphatic rings. The van der Waals surface area contributed by atoms with Crippen LogP contribution in [0.3, 0.4) is 0 Å². The minimum Gasteiger partial charge on any atom is -0.329 e. The van der Waals surface area contributed by atoms with Gasteiger partial charge in [-0.05, 0) is 142 Å². The van der Waals surface area contributed by atoms with Crippen LogP contribution in [0.5, 0.6) is 0 Å². The number of nitrogens with zero attached hydrogens (tertiary/aromatic N) is 6. The molecule has 67 heavy (non-hydrogen) atoms. The summed E-state index contributed by atoms with van der Waals surface area (Å²) < 4.78 is 0. The van der Waals surface area contributed by atoms with Crippen molar-refractivity contribution in [3.8, 4) is 90.1 Å². The van der Waals surface area contributed by atoms with Gasteiger partial charge in [-0.25, -0.2) is 9.97 Å². The second kappa shape index (κ2) is 21.7. The normalized spacial score (nSPS) is 10.4. The van der Waals surface area contributed by atoms with Crippen molar-refractivity contribution in [2.24, 2.45) is 0 Å². The SMILES string of the molecule is O=CNc1ccc(-c2ccc(-c3cc(-c4ccccn4)nc(-c4ccccn4)c3)cc2)cc1.O=CNc1ccc(-c2ccc(-c3cc(-c4ccccn4)nc(-c4ccccn4)c3)cc2)cc1.[Co+2]. The van der Waals surface area contributed by atoms with E-state index in [1.165, 1.54) is 0 Å². The molecule has 0 aliphatic heterocycles. The second-order valence-corrected chi connectivity index (χ2v) is 14.9. The Morgan fingerprint density at radius 1 is 0.284 bits per heavy atom. The first-order chi connectivity index (χ1) is 32.6. The fourth-order valence-electron chi connectivity index (χ4n) is 7.34. The first-order valence-electron chi connectivity index (χ1n) is 21.1. The Balaban J connectivity index is 0.000000179. The average Bonchev–Trinajstić information content (AvgIpc) is 3.40. The summed E-state index contributed by atoms with van der Waals surface area (Å²) in [5.74, 6) is 0. The standard InChI is InChI=1S/2C28H20N4O.Co/c2*33-19-31-24-13-11-21(12-14-24)20-7-9-22(10-8-20)23-17-27(25-5-1-3-15-29-25)32-28(18-23)26-6-2-4-16-30-26;/h2*1-19H,(H,31,33);/q;;+2. The van der Waals surface area contributed by atoms with Crippen LogP contribution in [0.25, 0.3) is 90.1 Å². The Morgan fingerprint density at radius 3 is 0.746 bits per heavy atom. The van der Waals surface area contributed by atoms with Crippen LogP contribution in [-0.2, 0) is 26.4 Å². The van der Waals surface area contributed by atoms with Gasteiger partial charge < -0.3 is 10.6 Å². The second-order valence-electron chi connectivity index (χ2n) is 14.9. The number of nitrogens with one attached hydrogen (secondary N) is 2. The maximum atomic E-state index is 10.6. The van der Waals surface area contributed by atoms with E-state index in [4.69, 9.17) is 9.97 Å². The van der Waals surface area contributed by atoms with Crippen LogP contribution < -0.4 is 10.6 Å². The Bertz CT molecular complexity index is 2850. The van der Waals surface area contributed by atoms with E-state index in [9.17, 15) is 9.59 Å². The molecule has 0 aliphatic carbocycles. The molecule has 0 fully saturated rings. The summed E-state index contributed by atoms with van der Waals surface area (Å²) in [4.78, 5) is 48.8. The van der Waals surface area contributed by atoms with Crippen LogP contribution in [0.15, 0.2) is 219 Å². The van der Waals surface area contributed by atoms with Gasteiger partial charge in [0.25, 0.3) is 0 Å². The number of aromatic nitrogens is 6. The van der Waals surface area contributed by atoms with E-state index in [1.54, 1.807) is 24.8 Å². The van der Waals surface area contributed by atoms with E-state index >= 15 is 0 Å². The summed E-state index contributed by atoms with van der Waals surface area (Å²) in [6, 6.07) is 63.8. The maximum Gasteiger partial charge on any atom is 2.00 e. The van der Waals surface area contributed by atoms with E-state index in [0.717, 1.165) is 101 Å². The zero-order valence-corrected chi connectivity index (χ0v) is 36.8. The molecule has 6 aromatic heterocycles. The molecule has 0 bridgehead atoms. The molecule has 0 saturated heterocycles. The Hall–Kier alpha value is -8.77. The number of benzene rings is 4. The number of hydrogen-bond donors (Lipinski definition) is 2. The fourth-order valence-corrected chi connectivity index (χ4v) is 7.34. The van der Waals surface area contributed by atoms with Crippen molar-refractivity contribution in [2.45, 2.75) is 0 Å². The van der Waals surface area contributed by atoms with Crippen molar-refractivity contribution >= 4 is 24.2 Å². The number of anilines is 2. The Morgan fingerprint density at radius 2 is 0.522 bits per heavy atom. The predicted molar refractivity (Wildman–Crippen MR) is 263 cm³/mol. The monoisotopic (exact) mass is 915 g/mol. The van der Waals surface area contributed by atoms with E-state index in [1.807, 2.05) is 121 Å². The van der Waals surface area contributed by atoms with Crippen LogP contribution in [-0.4, -0.2) is 42.7 Å². The number of amides is 2. The number of carbonyl (C=O) groups excluding carboxylic acids is 2. The van der Waals surface area contributed by atoms with Gasteiger partial charge in [-0.15, -0.1) is 0 Å². The first-order valence-corrected chi connectivity index (χ1v) is 21.1. The summed E-state index contributed by atoms with van der Waals surface area (Å²) >= 11 is 0. The predicted octanol–water partition coefficient (Wildman–Crippen LogP) is 12.2. The van der Waals surface area contributed by atoms with Gasteiger partial charge in [-0.2, -0.15) is 0 Å². The van der Waals surface area contributed by atoms with Gasteiger partial charge in [0, 0.05) is 36.2 Å². The van der Waals surface area contributed by atoms with Gasteiger partial charge in [-0.1, -0.05) is 97.1 Å². The first kappa shape index (κ1) is 44.8. The minimum atomic E-state index is 0. The number of pyridine rings is 6.